The van der Waals surface area contributed by atoms with Gasteiger partial charge in [-0.1, -0.05) is 28.9 Å². The Labute approximate surface area is 151 Å². The molecule has 0 saturated heterocycles. The van der Waals surface area contributed by atoms with Crippen molar-refractivity contribution in [2.24, 2.45) is 0 Å². The van der Waals surface area contributed by atoms with Gasteiger partial charge in [-0.05, 0) is 48.9 Å². The van der Waals surface area contributed by atoms with Gasteiger partial charge in [-0.15, -0.1) is 11.3 Å². The highest BCUT2D eigenvalue weighted by atomic mass is 32.1. The van der Waals surface area contributed by atoms with Gasteiger partial charge in [0.25, 0.3) is 0 Å². The molecule has 3 rings (SSSR count). The summed E-state index contributed by atoms with van der Waals surface area (Å²) >= 11 is 1.56. The third-order valence-electron chi connectivity index (χ3n) is 4.08. The second-order valence-electron chi connectivity index (χ2n) is 6.14. The van der Waals surface area contributed by atoms with Crippen molar-refractivity contribution in [3.63, 3.8) is 0 Å². The Balaban J connectivity index is 1.52. The number of nitrogens with zero attached hydrogens (tertiary/aromatic N) is 2. The van der Waals surface area contributed by atoms with Crippen molar-refractivity contribution < 1.29 is 9.32 Å². The predicted octanol–water partition coefficient (Wildman–Crippen LogP) is 3.97. The van der Waals surface area contributed by atoms with E-state index in [0.29, 0.717) is 31.1 Å². The highest BCUT2D eigenvalue weighted by Gasteiger charge is 2.12. The minimum absolute atomic E-state index is 0.0183. The fourth-order valence-corrected chi connectivity index (χ4v) is 3.50. The molecule has 0 unspecified atom stereocenters. The lowest BCUT2D eigenvalue weighted by atomic mass is 10.00. The van der Waals surface area contributed by atoms with E-state index in [1.54, 1.807) is 11.3 Å². The second-order valence-corrected chi connectivity index (χ2v) is 7.09. The molecule has 130 valence electrons. The second kappa shape index (κ2) is 7.61. The van der Waals surface area contributed by atoms with E-state index >= 15 is 0 Å². The van der Waals surface area contributed by atoms with Gasteiger partial charge >= 0.3 is 0 Å². The number of benzene rings is 1. The van der Waals surface area contributed by atoms with Crippen LogP contribution < -0.4 is 5.32 Å². The van der Waals surface area contributed by atoms with Gasteiger partial charge in [0.2, 0.25) is 17.6 Å². The molecule has 3 aromatic rings. The van der Waals surface area contributed by atoms with Crippen LogP contribution in [0.3, 0.4) is 0 Å². The highest BCUT2D eigenvalue weighted by Crippen LogP contribution is 2.21. The third kappa shape index (κ3) is 4.33. The lowest BCUT2D eigenvalue weighted by Crippen LogP contribution is -2.24. The first-order chi connectivity index (χ1) is 12.0. The average molecular weight is 355 g/mol. The van der Waals surface area contributed by atoms with E-state index in [9.17, 15) is 4.79 Å². The molecule has 1 amide bonds. The normalized spacial score (nSPS) is 10.8. The Morgan fingerprint density at radius 2 is 2.00 bits per heavy atom. The number of carbonyl (C=O) groups excluding carboxylic acids is 1. The smallest absolute Gasteiger partial charge is 0.227 e. The van der Waals surface area contributed by atoms with E-state index < -0.39 is 0 Å². The van der Waals surface area contributed by atoms with Gasteiger partial charge in [0, 0.05) is 19.4 Å². The van der Waals surface area contributed by atoms with Crippen LogP contribution in [0, 0.1) is 20.8 Å². The summed E-state index contributed by atoms with van der Waals surface area (Å²) in [4.78, 5) is 17.4. The van der Waals surface area contributed by atoms with E-state index in [1.807, 2.05) is 17.5 Å². The molecule has 0 atom stereocenters. The van der Waals surface area contributed by atoms with E-state index in [2.05, 4.69) is 48.4 Å². The van der Waals surface area contributed by atoms with Gasteiger partial charge < -0.3 is 9.84 Å². The zero-order valence-electron chi connectivity index (χ0n) is 14.6. The van der Waals surface area contributed by atoms with Crippen molar-refractivity contribution in [1.29, 1.82) is 0 Å². The van der Waals surface area contributed by atoms with Gasteiger partial charge in [0.1, 0.15) is 0 Å². The lowest BCUT2D eigenvalue weighted by Gasteiger charge is -2.12. The monoisotopic (exact) mass is 355 g/mol. The summed E-state index contributed by atoms with van der Waals surface area (Å²) in [5.41, 5.74) is 4.82. The predicted molar refractivity (Wildman–Crippen MR) is 98.4 cm³/mol. The zero-order chi connectivity index (χ0) is 17.8. The molecule has 6 heteroatoms. The molecule has 1 aromatic carbocycles. The maximum absolute atomic E-state index is 12.1. The number of carbonyl (C=O) groups is 1. The number of rotatable bonds is 6. The van der Waals surface area contributed by atoms with Crippen molar-refractivity contribution in [3.05, 3.63) is 57.8 Å². The molecule has 2 aromatic heterocycles. The SMILES string of the molecule is Cc1cc(C)c(CNC(=O)CCc2nc(-c3cccs3)no2)c(C)c1. The van der Waals surface area contributed by atoms with Gasteiger partial charge in [-0.25, -0.2) is 0 Å². The number of nitrogens with one attached hydrogen (secondary N) is 1. The molecule has 25 heavy (non-hydrogen) atoms. The standard InChI is InChI=1S/C19H21N3O2S/c1-12-9-13(2)15(14(3)10-12)11-20-17(23)6-7-18-21-19(22-24-18)16-5-4-8-25-16/h4-5,8-10H,6-7,11H2,1-3H3,(H,20,23). The summed E-state index contributed by atoms with van der Waals surface area (Å²) in [6.07, 6.45) is 0.770. The summed E-state index contributed by atoms with van der Waals surface area (Å²) in [5.74, 6) is 1.05. The summed E-state index contributed by atoms with van der Waals surface area (Å²) in [5, 5.41) is 8.90. The Kier molecular flexibility index (Phi) is 5.28. The molecule has 0 radical (unpaired) electrons. The van der Waals surface area contributed by atoms with Crippen LogP contribution >= 0.6 is 11.3 Å². The van der Waals surface area contributed by atoms with Crippen LogP contribution in [0.4, 0.5) is 0 Å². The molecular formula is C19H21N3O2S. The van der Waals surface area contributed by atoms with Crippen LogP contribution in [0.15, 0.2) is 34.2 Å². The van der Waals surface area contributed by atoms with E-state index in [4.69, 9.17) is 4.52 Å². The highest BCUT2D eigenvalue weighted by molar-refractivity contribution is 7.13. The first kappa shape index (κ1) is 17.4. The van der Waals surface area contributed by atoms with Gasteiger partial charge in [0.05, 0.1) is 4.88 Å². The van der Waals surface area contributed by atoms with Crippen molar-refractivity contribution >= 4 is 17.2 Å². The topological polar surface area (TPSA) is 68.0 Å². The van der Waals surface area contributed by atoms with Gasteiger partial charge in [-0.2, -0.15) is 4.98 Å². The van der Waals surface area contributed by atoms with E-state index in [-0.39, 0.29) is 5.91 Å². The van der Waals surface area contributed by atoms with Crippen LogP contribution in [-0.2, 0) is 17.8 Å². The fourth-order valence-electron chi connectivity index (χ4n) is 2.85. The molecule has 0 spiro atoms. The van der Waals surface area contributed by atoms with Crippen LogP contribution in [0.1, 0.15) is 34.6 Å². The summed E-state index contributed by atoms with van der Waals surface area (Å²) in [6, 6.07) is 8.16. The molecule has 1 N–H and O–H groups in total. The van der Waals surface area contributed by atoms with Crippen LogP contribution in [0.2, 0.25) is 0 Å². The summed E-state index contributed by atoms with van der Waals surface area (Å²) in [6.45, 7) is 6.77. The molecule has 2 heterocycles. The number of aromatic nitrogens is 2. The first-order valence-corrected chi connectivity index (χ1v) is 9.11. The molecular weight excluding hydrogens is 334 g/mol. The van der Waals surface area contributed by atoms with Crippen molar-refractivity contribution in [2.75, 3.05) is 0 Å². The largest absolute Gasteiger partial charge is 0.352 e. The van der Waals surface area contributed by atoms with E-state index in [1.165, 1.54) is 22.3 Å². The molecule has 0 bridgehead atoms. The van der Waals surface area contributed by atoms with E-state index in [0.717, 1.165) is 4.88 Å². The maximum Gasteiger partial charge on any atom is 0.227 e. The minimum Gasteiger partial charge on any atom is -0.352 e. The van der Waals surface area contributed by atoms with Crippen molar-refractivity contribution in [3.8, 4) is 10.7 Å². The minimum atomic E-state index is -0.0183. The molecule has 5 nitrogen and oxygen atoms in total. The number of thiophene rings is 1. The lowest BCUT2D eigenvalue weighted by molar-refractivity contribution is -0.121. The summed E-state index contributed by atoms with van der Waals surface area (Å²) in [7, 11) is 0. The third-order valence-corrected chi connectivity index (χ3v) is 4.94. The Morgan fingerprint density at radius 1 is 1.24 bits per heavy atom. The van der Waals surface area contributed by atoms with Crippen molar-refractivity contribution in [2.45, 2.75) is 40.2 Å². The van der Waals surface area contributed by atoms with Gasteiger partial charge in [0.15, 0.2) is 0 Å². The maximum atomic E-state index is 12.1. The number of aryl methyl sites for hydroxylation is 4. The number of hydrogen-bond acceptors (Lipinski definition) is 5. The van der Waals surface area contributed by atoms with Crippen LogP contribution in [-0.4, -0.2) is 16.0 Å². The molecule has 0 fully saturated rings. The Hall–Kier alpha value is -2.47. The first-order valence-electron chi connectivity index (χ1n) is 8.23. The quantitative estimate of drug-likeness (QED) is 0.726. The molecule has 0 aliphatic heterocycles. The molecule has 0 aliphatic carbocycles. The summed E-state index contributed by atoms with van der Waals surface area (Å²) < 4.78 is 5.22. The van der Waals surface area contributed by atoms with Crippen LogP contribution in [0.25, 0.3) is 10.7 Å². The Bertz CT molecular complexity index is 846. The number of hydrogen-bond donors (Lipinski definition) is 1. The average Bonchev–Trinajstić information content (AvgIpc) is 3.23. The Morgan fingerprint density at radius 3 is 2.68 bits per heavy atom. The zero-order valence-corrected chi connectivity index (χ0v) is 15.4. The van der Waals surface area contributed by atoms with Crippen molar-refractivity contribution in [1.82, 2.24) is 15.5 Å². The molecule has 0 saturated carbocycles. The fraction of sp³-hybridized carbons (Fsp3) is 0.316. The van der Waals surface area contributed by atoms with Crippen LogP contribution in [0.5, 0.6) is 0 Å². The van der Waals surface area contributed by atoms with Gasteiger partial charge in [-0.3, -0.25) is 4.79 Å². The number of amides is 1. The molecule has 0 aliphatic rings.